The lowest BCUT2D eigenvalue weighted by molar-refractivity contribution is -0.870. The second kappa shape index (κ2) is 16.7. The van der Waals surface area contributed by atoms with Crippen molar-refractivity contribution in [3.63, 3.8) is 0 Å². The minimum atomic E-state index is 0.289. The number of ketones is 1. The number of carbonyl (C=O) groups excluding carboxylic acids is 1. The number of nitrogens with one attached hydrogen (secondary N) is 1. The smallest absolute Gasteiger partial charge is 0.162 e. The average molecular weight is 482 g/mol. The minimum absolute atomic E-state index is 0.289. The first-order valence-corrected chi connectivity index (χ1v) is 14.5. The van der Waals surface area contributed by atoms with Crippen molar-refractivity contribution >= 4 is 22.2 Å². The summed E-state index contributed by atoms with van der Waals surface area (Å²) in [7, 11) is 6.69. The quantitative estimate of drug-likeness (QED) is 0.116. The van der Waals surface area contributed by atoms with E-state index in [1.807, 2.05) is 6.07 Å². The van der Waals surface area contributed by atoms with E-state index in [1.165, 1.54) is 82.4 Å². The van der Waals surface area contributed by atoms with Crippen LogP contribution in [0.1, 0.15) is 114 Å². The molecule has 0 aliphatic carbocycles. The van der Waals surface area contributed by atoms with Gasteiger partial charge in [0.15, 0.2) is 5.78 Å². The molecule has 0 spiro atoms. The van der Waals surface area contributed by atoms with Crippen molar-refractivity contribution < 1.29 is 9.28 Å². The molecule has 2 aromatic rings. The monoisotopic (exact) mass is 481 g/mol. The van der Waals surface area contributed by atoms with Crippen LogP contribution >= 0.6 is 0 Å². The number of quaternary nitrogens is 1. The van der Waals surface area contributed by atoms with E-state index in [4.69, 9.17) is 0 Å². The number of unbranched alkanes of at least 4 members (excludes halogenated alkanes) is 12. The molecule has 0 aromatic heterocycles. The number of Topliss-reactive ketones (excluding diaryl/α,β-unsaturated/α-hetero) is 1. The zero-order chi connectivity index (χ0) is 25.4. The second-order valence-corrected chi connectivity index (χ2v) is 11.5. The van der Waals surface area contributed by atoms with Gasteiger partial charge < -0.3 is 9.80 Å². The maximum atomic E-state index is 12.7. The van der Waals surface area contributed by atoms with Gasteiger partial charge in [-0.1, -0.05) is 102 Å². The first-order chi connectivity index (χ1) is 16.9. The number of nitrogens with zero attached hydrogens (tertiary/aromatic N) is 1. The van der Waals surface area contributed by atoms with E-state index in [0.717, 1.165) is 47.1 Å². The van der Waals surface area contributed by atoms with Crippen LogP contribution in [-0.2, 0) is 0 Å². The molecule has 0 fully saturated rings. The molecule has 3 nitrogen and oxygen atoms in total. The van der Waals surface area contributed by atoms with Gasteiger partial charge in [0.1, 0.15) is 0 Å². The molecule has 1 N–H and O–H groups in total. The zero-order valence-corrected chi connectivity index (χ0v) is 23.3. The third-order valence-electron chi connectivity index (χ3n) is 7.00. The molecule has 2 rings (SSSR count). The van der Waals surface area contributed by atoms with E-state index in [9.17, 15) is 4.79 Å². The van der Waals surface area contributed by atoms with Gasteiger partial charge >= 0.3 is 0 Å². The summed E-state index contributed by atoms with van der Waals surface area (Å²) in [4.78, 5) is 12.7. The summed E-state index contributed by atoms with van der Waals surface area (Å²) in [5.74, 6) is 0.289. The van der Waals surface area contributed by atoms with E-state index in [1.54, 1.807) is 0 Å². The van der Waals surface area contributed by atoms with Crippen LogP contribution in [0.15, 0.2) is 36.4 Å². The van der Waals surface area contributed by atoms with Gasteiger partial charge in [-0.25, -0.2) is 0 Å². The Hall–Kier alpha value is -1.87. The van der Waals surface area contributed by atoms with E-state index >= 15 is 0 Å². The molecular weight excluding hydrogens is 428 g/mol. The molecule has 2 aromatic carbocycles. The molecule has 196 valence electrons. The lowest BCUT2D eigenvalue weighted by atomic mass is 10.00. The Labute approximate surface area is 216 Å². The molecule has 0 radical (unpaired) electrons. The van der Waals surface area contributed by atoms with Crippen molar-refractivity contribution in [3.05, 3.63) is 42.0 Å². The third kappa shape index (κ3) is 13.1. The number of carbonyl (C=O) groups is 1. The highest BCUT2D eigenvalue weighted by Gasteiger charge is 2.08. The highest BCUT2D eigenvalue weighted by atomic mass is 16.1. The molecule has 0 atom stereocenters. The Morgan fingerprint density at radius 1 is 0.686 bits per heavy atom. The molecule has 0 aliphatic heterocycles. The van der Waals surface area contributed by atoms with Crippen LogP contribution in [0.3, 0.4) is 0 Å². The maximum absolute atomic E-state index is 12.7. The number of rotatable bonds is 20. The molecule has 0 amide bonds. The second-order valence-electron chi connectivity index (χ2n) is 11.5. The van der Waals surface area contributed by atoms with Gasteiger partial charge in [-0.3, -0.25) is 4.79 Å². The van der Waals surface area contributed by atoms with Crippen LogP contribution in [-0.4, -0.2) is 44.5 Å². The van der Waals surface area contributed by atoms with Crippen LogP contribution < -0.4 is 5.32 Å². The van der Waals surface area contributed by atoms with E-state index < -0.39 is 0 Å². The molecular formula is C32H53N2O+. The van der Waals surface area contributed by atoms with Crippen molar-refractivity contribution in [1.29, 1.82) is 0 Å². The molecule has 0 unspecified atom stereocenters. The lowest BCUT2D eigenvalue weighted by Crippen LogP contribution is -2.36. The van der Waals surface area contributed by atoms with Crippen LogP contribution in [0.2, 0.25) is 0 Å². The van der Waals surface area contributed by atoms with E-state index in [0.29, 0.717) is 6.42 Å². The third-order valence-corrected chi connectivity index (χ3v) is 7.00. The minimum Gasteiger partial charge on any atom is -0.385 e. The first kappa shape index (κ1) is 29.4. The average Bonchev–Trinajstić information content (AvgIpc) is 2.83. The fourth-order valence-corrected chi connectivity index (χ4v) is 4.76. The first-order valence-electron chi connectivity index (χ1n) is 14.5. The van der Waals surface area contributed by atoms with Crippen LogP contribution in [0, 0.1) is 0 Å². The summed E-state index contributed by atoms with van der Waals surface area (Å²) in [5.41, 5.74) is 2.02. The largest absolute Gasteiger partial charge is 0.385 e. The highest BCUT2D eigenvalue weighted by Crippen LogP contribution is 2.22. The van der Waals surface area contributed by atoms with Crippen molar-refractivity contribution in [2.45, 2.75) is 103 Å². The molecule has 0 saturated heterocycles. The number of fused-ring (bicyclic) bond motifs is 1. The molecule has 0 saturated carbocycles. The van der Waals surface area contributed by atoms with Crippen molar-refractivity contribution in [2.24, 2.45) is 0 Å². The number of hydrogen-bond donors (Lipinski definition) is 1. The standard InChI is InChI=1S/C32H52N2O/c1-5-6-7-8-9-10-11-12-13-14-15-16-17-19-32(35)30-21-20-29-27-31(23-22-28(29)26-30)33-24-18-25-34(2,3)4/h20-23,26-27H,5-19,24-25H2,1-4H3/p+1. The van der Waals surface area contributed by atoms with E-state index in [2.05, 4.69) is 63.7 Å². The predicted octanol–water partition coefficient (Wildman–Crippen LogP) is 9.01. The predicted molar refractivity (Wildman–Crippen MR) is 155 cm³/mol. The fraction of sp³-hybridized carbons (Fsp3) is 0.656. The molecule has 0 aliphatic rings. The summed E-state index contributed by atoms with van der Waals surface area (Å²) in [6, 6.07) is 12.6. The fourth-order valence-electron chi connectivity index (χ4n) is 4.76. The Balaban J connectivity index is 1.59. The van der Waals surface area contributed by atoms with Gasteiger partial charge in [-0.2, -0.15) is 0 Å². The van der Waals surface area contributed by atoms with Crippen molar-refractivity contribution in [1.82, 2.24) is 0 Å². The van der Waals surface area contributed by atoms with Gasteiger partial charge in [-0.05, 0) is 35.4 Å². The van der Waals surface area contributed by atoms with Gasteiger partial charge in [0.05, 0.1) is 27.7 Å². The number of benzene rings is 2. The van der Waals surface area contributed by atoms with Gasteiger partial charge in [0, 0.05) is 30.6 Å². The normalized spacial score (nSPS) is 11.8. The summed E-state index contributed by atoms with van der Waals surface area (Å²) >= 11 is 0. The van der Waals surface area contributed by atoms with Crippen molar-refractivity contribution in [3.8, 4) is 0 Å². The van der Waals surface area contributed by atoms with Crippen LogP contribution in [0.25, 0.3) is 10.8 Å². The SMILES string of the molecule is CCCCCCCCCCCCCCCC(=O)c1ccc2cc(NCCC[N+](C)(C)C)ccc2c1. The molecule has 35 heavy (non-hydrogen) atoms. The van der Waals surface area contributed by atoms with Gasteiger partial charge in [0.25, 0.3) is 0 Å². The number of hydrogen-bond acceptors (Lipinski definition) is 2. The Morgan fingerprint density at radius 2 is 1.23 bits per heavy atom. The van der Waals surface area contributed by atoms with E-state index in [-0.39, 0.29) is 5.78 Å². The Bertz CT molecular complexity index is 852. The zero-order valence-electron chi connectivity index (χ0n) is 23.3. The number of anilines is 1. The van der Waals surface area contributed by atoms with Crippen LogP contribution in [0.4, 0.5) is 5.69 Å². The highest BCUT2D eigenvalue weighted by molar-refractivity contribution is 6.00. The summed E-state index contributed by atoms with van der Waals surface area (Å²) in [5, 5.41) is 5.88. The van der Waals surface area contributed by atoms with Crippen LogP contribution in [0.5, 0.6) is 0 Å². The van der Waals surface area contributed by atoms with Gasteiger partial charge in [0.2, 0.25) is 0 Å². The maximum Gasteiger partial charge on any atom is 0.162 e. The summed E-state index contributed by atoms with van der Waals surface area (Å²) in [6.07, 6.45) is 19.2. The lowest BCUT2D eigenvalue weighted by Gasteiger charge is -2.23. The summed E-state index contributed by atoms with van der Waals surface area (Å²) in [6.45, 7) is 4.42. The topological polar surface area (TPSA) is 29.1 Å². The molecule has 3 heteroatoms. The molecule has 0 heterocycles. The van der Waals surface area contributed by atoms with Crippen molar-refractivity contribution in [2.75, 3.05) is 39.5 Å². The molecule has 0 bridgehead atoms. The van der Waals surface area contributed by atoms with Gasteiger partial charge in [-0.15, -0.1) is 0 Å². The summed E-state index contributed by atoms with van der Waals surface area (Å²) < 4.78 is 0.996. The Kier molecular flexibility index (Phi) is 14.0. The Morgan fingerprint density at radius 3 is 1.83 bits per heavy atom.